The van der Waals surface area contributed by atoms with Crippen LogP contribution in [0.3, 0.4) is 0 Å². The molecule has 1 rings (SSSR count). The molecular weight excluding hydrogens is 222 g/mol. The number of hydrogen-bond donors (Lipinski definition) is 2. The number of nitrogens with zero attached hydrogens (tertiary/aromatic N) is 1. The van der Waals surface area contributed by atoms with E-state index in [2.05, 4.69) is 15.6 Å². The molecule has 0 atom stereocenters. The average molecular weight is 239 g/mol. The van der Waals surface area contributed by atoms with E-state index in [-0.39, 0.29) is 0 Å². The van der Waals surface area contributed by atoms with Crippen molar-refractivity contribution in [2.24, 2.45) is 0 Å². The van der Waals surface area contributed by atoms with Crippen LogP contribution in [-0.4, -0.2) is 30.4 Å². The van der Waals surface area contributed by atoms with E-state index in [9.17, 15) is 0 Å². The molecule has 0 saturated carbocycles. The second-order valence-corrected chi connectivity index (χ2v) is 3.80. The van der Waals surface area contributed by atoms with E-state index in [1.807, 2.05) is 19.1 Å². The van der Waals surface area contributed by atoms with Gasteiger partial charge in [0.25, 0.3) is 0 Å². The van der Waals surface area contributed by atoms with Crippen molar-refractivity contribution >= 4 is 23.1 Å². The number of methoxy groups -OCH3 is 1. The molecule has 1 aromatic heterocycles. The molecule has 0 amide bonds. The molecule has 1 heterocycles. The predicted octanol–water partition coefficient (Wildman–Crippen LogP) is 1.71. The Bertz CT molecular complexity index is 344. The van der Waals surface area contributed by atoms with Crippen LogP contribution in [0.1, 0.15) is 12.0 Å². The number of aromatic nitrogens is 1. The van der Waals surface area contributed by atoms with Crippen molar-refractivity contribution in [3.05, 3.63) is 23.9 Å². The van der Waals surface area contributed by atoms with Crippen LogP contribution in [-0.2, 0) is 4.74 Å². The van der Waals surface area contributed by atoms with Gasteiger partial charge in [0, 0.05) is 26.5 Å². The summed E-state index contributed by atoms with van der Waals surface area (Å²) in [4.78, 5) is 4.20. The summed E-state index contributed by atoms with van der Waals surface area (Å²) in [5.74, 6) is 0.798. The number of ether oxygens (including phenoxy) is 1. The largest absolute Gasteiger partial charge is 0.385 e. The first-order valence-electron chi connectivity index (χ1n) is 5.19. The van der Waals surface area contributed by atoms with Gasteiger partial charge in [-0.25, -0.2) is 4.98 Å². The maximum atomic E-state index is 5.14. The van der Waals surface area contributed by atoms with Crippen LogP contribution in [0.15, 0.2) is 18.3 Å². The highest BCUT2D eigenvalue weighted by Crippen LogP contribution is 2.08. The van der Waals surface area contributed by atoms with Crippen LogP contribution < -0.4 is 10.6 Å². The third-order valence-corrected chi connectivity index (χ3v) is 2.30. The molecule has 0 aromatic carbocycles. The molecule has 88 valence electrons. The highest BCUT2D eigenvalue weighted by Gasteiger charge is 2.00. The lowest BCUT2D eigenvalue weighted by atomic mass is 10.3. The van der Waals surface area contributed by atoms with Crippen molar-refractivity contribution in [2.75, 3.05) is 25.6 Å². The molecule has 0 radical (unpaired) electrons. The van der Waals surface area contributed by atoms with Gasteiger partial charge in [0.2, 0.25) is 0 Å². The predicted molar refractivity (Wildman–Crippen MR) is 69.7 cm³/mol. The van der Waals surface area contributed by atoms with Gasteiger partial charge in [-0.3, -0.25) is 0 Å². The van der Waals surface area contributed by atoms with Crippen LogP contribution >= 0.6 is 12.2 Å². The summed E-state index contributed by atoms with van der Waals surface area (Å²) in [6, 6.07) is 3.89. The lowest BCUT2D eigenvalue weighted by Crippen LogP contribution is -2.30. The quantitative estimate of drug-likeness (QED) is 0.605. The van der Waals surface area contributed by atoms with Crippen molar-refractivity contribution in [3.63, 3.8) is 0 Å². The lowest BCUT2D eigenvalue weighted by molar-refractivity contribution is 0.196. The summed E-state index contributed by atoms with van der Waals surface area (Å²) in [6.45, 7) is 3.52. The van der Waals surface area contributed by atoms with Crippen molar-refractivity contribution in [2.45, 2.75) is 13.3 Å². The van der Waals surface area contributed by atoms with Crippen LogP contribution in [0, 0.1) is 6.92 Å². The van der Waals surface area contributed by atoms with Gasteiger partial charge in [-0.15, -0.1) is 0 Å². The molecule has 0 fully saturated rings. The Morgan fingerprint density at radius 1 is 1.56 bits per heavy atom. The van der Waals surface area contributed by atoms with Crippen LogP contribution in [0.25, 0.3) is 0 Å². The molecule has 16 heavy (non-hydrogen) atoms. The standard InChI is InChI=1S/C11H17N3OS/c1-9-5-3-6-12-10(9)14-11(16)13-7-4-8-15-2/h3,5-6H,4,7-8H2,1-2H3,(H2,12,13,14,16). The van der Waals surface area contributed by atoms with E-state index in [1.165, 1.54) is 0 Å². The van der Waals surface area contributed by atoms with Gasteiger partial charge in [-0.05, 0) is 37.2 Å². The SMILES string of the molecule is COCCCNC(=S)Nc1ncccc1C. The molecule has 5 heteroatoms. The van der Waals surface area contributed by atoms with Crippen LogP contribution in [0.4, 0.5) is 5.82 Å². The van der Waals surface area contributed by atoms with Gasteiger partial charge in [-0.1, -0.05) is 6.07 Å². The van der Waals surface area contributed by atoms with E-state index in [0.717, 1.165) is 31.0 Å². The fraction of sp³-hybridized carbons (Fsp3) is 0.455. The van der Waals surface area contributed by atoms with Gasteiger partial charge in [0.05, 0.1) is 0 Å². The highest BCUT2D eigenvalue weighted by atomic mass is 32.1. The van der Waals surface area contributed by atoms with Crippen LogP contribution in [0.2, 0.25) is 0 Å². The first-order chi connectivity index (χ1) is 7.74. The molecule has 0 bridgehead atoms. The molecule has 0 unspecified atom stereocenters. The maximum Gasteiger partial charge on any atom is 0.171 e. The Hall–Kier alpha value is -1.20. The molecular formula is C11H17N3OS. The minimum atomic E-state index is 0.595. The third-order valence-electron chi connectivity index (χ3n) is 2.05. The number of nitrogens with one attached hydrogen (secondary N) is 2. The molecule has 0 aliphatic rings. The number of aryl methyl sites for hydroxylation is 1. The second-order valence-electron chi connectivity index (χ2n) is 3.40. The number of anilines is 1. The Morgan fingerprint density at radius 2 is 2.38 bits per heavy atom. The first kappa shape index (κ1) is 12.9. The fourth-order valence-corrected chi connectivity index (χ4v) is 1.39. The Labute approximate surface area is 101 Å². The van der Waals surface area contributed by atoms with Crippen molar-refractivity contribution < 1.29 is 4.74 Å². The average Bonchev–Trinajstić information content (AvgIpc) is 2.28. The number of hydrogen-bond acceptors (Lipinski definition) is 3. The zero-order valence-electron chi connectivity index (χ0n) is 9.62. The van der Waals surface area contributed by atoms with E-state index >= 15 is 0 Å². The van der Waals surface area contributed by atoms with E-state index in [0.29, 0.717) is 5.11 Å². The topological polar surface area (TPSA) is 46.2 Å². The normalized spacial score (nSPS) is 9.88. The second kappa shape index (κ2) is 7.14. The van der Waals surface area contributed by atoms with Crippen molar-refractivity contribution in [1.82, 2.24) is 10.3 Å². The summed E-state index contributed by atoms with van der Waals surface area (Å²) in [5.41, 5.74) is 1.07. The first-order valence-corrected chi connectivity index (χ1v) is 5.60. The summed E-state index contributed by atoms with van der Waals surface area (Å²) >= 11 is 5.14. The lowest BCUT2D eigenvalue weighted by Gasteiger charge is -2.10. The third kappa shape index (κ3) is 4.55. The van der Waals surface area contributed by atoms with Gasteiger partial charge < -0.3 is 15.4 Å². The molecule has 0 spiro atoms. The summed E-state index contributed by atoms with van der Waals surface area (Å²) < 4.78 is 4.95. The van der Waals surface area contributed by atoms with Crippen molar-refractivity contribution in [1.29, 1.82) is 0 Å². The molecule has 0 aliphatic carbocycles. The molecule has 4 nitrogen and oxygen atoms in total. The van der Waals surface area contributed by atoms with E-state index in [1.54, 1.807) is 13.3 Å². The molecule has 1 aromatic rings. The van der Waals surface area contributed by atoms with Gasteiger partial charge >= 0.3 is 0 Å². The van der Waals surface area contributed by atoms with E-state index in [4.69, 9.17) is 17.0 Å². The van der Waals surface area contributed by atoms with Crippen molar-refractivity contribution in [3.8, 4) is 0 Å². The van der Waals surface area contributed by atoms with Gasteiger partial charge in [0.15, 0.2) is 5.11 Å². The minimum absolute atomic E-state index is 0.595. The molecule has 2 N–H and O–H groups in total. The van der Waals surface area contributed by atoms with Crippen LogP contribution in [0.5, 0.6) is 0 Å². The van der Waals surface area contributed by atoms with E-state index < -0.39 is 0 Å². The summed E-state index contributed by atoms with van der Waals surface area (Å²) in [6.07, 6.45) is 2.67. The number of thiocarbonyl (C=S) groups is 1. The zero-order valence-corrected chi connectivity index (χ0v) is 10.4. The van der Waals surface area contributed by atoms with Gasteiger partial charge in [-0.2, -0.15) is 0 Å². The Balaban J connectivity index is 2.32. The Morgan fingerprint density at radius 3 is 3.06 bits per heavy atom. The number of rotatable bonds is 5. The fourth-order valence-electron chi connectivity index (χ4n) is 1.19. The molecule has 0 aliphatic heterocycles. The molecule has 0 saturated heterocycles. The monoisotopic (exact) mass is 239 g/mol. The maximum absolute atomic E-state index is 5.14. The highest BCUT2D eigenvalue weighted by molar-refractivity contribution is 7.80. The Kier molecular flexibility index (Phi) is 5.74. The number of pyridine rings is 1. The zero-order chi connectivity index (χ0) is 11.8. The summed E-state index contributed by atoms with van der Waals surface area (Å²) in [5, 5.41) is 6.74. The van der Waals surface area contributed by atoms with Gasteiger partial charge in [0.1, 0.15) is 5.82 Å². The summed E-state index contributed by atoms with van der Waals surface area (Å²) in [7, 11) is 1.69. The minimum Gasteiger partial charge on any atom is -0.385 e. The smallest absolute Gasteiger partial charge is 0.171 e.